The summed E-state index contributed by atoms with van der Waals surface area (Å²) in [5, 5.41) is 20.9. The molecule has 0 radical (unpaired) electrons. The van der Waals surface area contributed by atoms with Crippen molar-refractivity contribution >= 4 is 11.9 Å². The molecule has 1 aromatic carbocycles. The highest BCUT2D eigenvalue weighted by Gasteiger charge is 2.42. The van der Waals surface area contributed by atoms with Crippen molar-refractivity contribution in [2.24, 2.45) is 5.41 Å². The van der Waals surface area contributed by atoms with Gasteiger partial charge in [0.25, 0.3) is 0 Å². The molecule has 1 aromatic rings. The van der Waals surface area contributed by atoms with Gasteiger partial charge in [0.1, 0.15) is 0 Å². The summed E-state index contributed by atoms with van der Waals surface area (Å²) in [6.07, 6.45) is 8.56. The summed E-state index contributed by atoms with van der Waals surface area (Å²) >= 11 is 0. The summed E-state index contributed by atoms with van der Waals surface area (Å²) in [6.45, 7) is 7.52. The Morgan fingerprint density at radius 2 is 1.59 bits per heavy atom. The third-order valence-electron chi connectivity index (χ3n) is 3.91. The summed E-state index contributed by atoms with van der Waals surface area (Å²) in [6, 6.07) is 9.04. The quantitative estimate of drug-likeness (QED) is 0.482. The molecule has 0 aliphatic heterocycles. The minimum atomic E-state index is -2.30. The SMILES string of the molecule is C=CCC1(CC=C)C=C(C=O)C(O)(O)C(c2ccccc2)=C1. The Labute approximate surface area is 130 Å². The van der Waals surface area contributed by atoms with E-state index in [4.69, 9.17) is 0 Å². The monoisotopic (exact) mass is 296 g/mol. The highest BCUT2D eigenvalue weighted by Crippen LogP contribution is 2.45. The standard InChI is InChI=1S/C19H20O3/c1-3-10-18(11-4-2)12-16(14-20)19(21,22)17(13-18)15-8-6-5-7-9-15/h3-9,12-14,21-22H,1-2,10-11H2. The van der Waals surface area contributed by atoms with Gasteiger partial charge in [-0.2, -0.15) is 0 Å². The van der Waals surface area contributed by atoms with Gasteiger partial charge in [-0.1, -0.05) is 54.6 Å². The third-order valence-corrected chi connectivity index (χ3v) is 3.91. The first-order chi connectivity index (χ1) is 10.5. The van der Waals surface area contributed by atoms with Crippen LogP contribution in [-0.2, 0) is 4.79 Å². The van der Waals surface area contributed by atoms with Gasteiger partial charge in [-0.3, -0.25) is 4.79 Å². The molecule has 0 saturated heterocycles. The fraction of sp³-hybridized carbons (Fsp3) is 0.211. The minimum Gasteiger partial charge on any atom is -0.358 e. The van der Waals surface area contributed by atoms with E-state index in [0.29, 0.717) is 30.3 Å². The van der Waals surface area contributed by atoms with Crippen molar-refractivity contribution in [3.05, 3.63) is 78.9 Å². The van der Waals surface area contributed by atoms with Crippen LogP contribution in [0.1, 0.15) is 18.4 Å². The number of benzene rings is 1. The molecule has 0 heterocycles. The molecule has 0 saturated carbocycles. The third kappa shape index (κ3) is 2.86. The molecular weight excluding hydrogens is 276 g/mol. The number of aldehydes is 1. The van der Waals surface area contributed by atoms with Crippen molar-refractivity contribution in [3.8, 4) is 0 Å². The number of carbonyl (C=O) groups excluding carboxylic acids is 1. The minimum absolute atomic E-state index is 0.0578. The van der Waals surface area contributed by atoms with Crippen molar-refractivity contribution in [2.75, 3.05) is 0 Å². The Morgan fingerprint density at radius 3 is 2.09 bits per heavy atom. The van der Waals surface area contributed by atoms with E-state index in [1.807, 2.05) is 18.2 Å². The molecule has 0 unspecified atom stereocenters. The molecule has 0 fully saturated rings. The summed E-state index contributed by atoms with van der Waals surface area (Å²) in [5.74, 6) is -2.30. The van der Waals surface area contributed by atoms with Crippen LogP contribution < -0.4 is 0 Å². The Kier molecular flexibility index (Phi) is 4.59. The fourth-order valence-corrected chi connectivity index (χ4v) is 2.87. The van der Waals surface area contributed by atoms with Gasteiger partial charge in [-0.25, -0.2) is 0 Å². The Hall–Kier alpha value is -2.23. The Bertz CT molecular complexity index is 626. The van der Waals surface area contributed by atoms with Crippen LogP contribution in [0.3, 0.4) is 0 Å². The average Bonchev–Trinajstić information content (AvgIpc) is 2.51. The lowest BCUT2D eigenvalue weighted by molar-refractivity contribution is -0.115. The first kappa shape index (κ1) is 16.1. The van der Waals surface area contributed by atoms with Gasteiger partial charge in [0, 0.05) is 11.0 Å². The first-order valence-corrected chi connectivity index (χ1v) is 7.13. The van der Waals surface area contributed by atoms with Crippen LogP contribution in [0.25, 0.3) is 5.57 Å². The highest BCUT2D eigenvalue weighted by molar-refractivity contribution is 5.88. The van der Waals surface area contributed by atoms with Gasteiger partial charge < -0.3 is 10.2 Å². The summed E-state index contributed by atoms with van der Waals surface area (Å²) in [4.78, 5) is 11.4. The highest BCUT2D eigenvalue weighted by atomic mass is 16.5. The molecule has 0 spiro atoms. The van der Waals surface area contributed by atoms with Crippen molar-refractivity contribution in [3.63, 3.8) is 0 Å². The maximum Gasteiger partial charge on any atom is 0.220 e. The van der Waals surface area contributed by atoms with E-state index < -0.39 is 11.2 Å². The van der Waals surface area contributed by atoms with E-state index >= 15 is 0 Å². The zero-order valence-electron chi connectivity index (χ0n) is 12.4. The molecular formula is C19H20O3. The van der Waals surface area contributed by atoms with Crippen LogP contribution >= 0.6 is 0 Å². The molecule has 2 rings (SSSR count). The Balaban J connectivity index is 2.66. The van der Waals surface area contributed by atoms with Gasteiger partial charge in [0.2, 0.25) is 5.79 Å². The molecule has 2 N–H and O–H groups in total. The number of rotatable bonds is 6. The zero-order chi connectivity index (χ0) is 16.2. The van der Waals surface area contributed by atoms with Crippen LogP contribution in [0.5, 0.6) is 0 Å². The number of aliphatic hydroxyl groups is 2. The molecule has 22 heavy (non-hydrogen) atoms. The average molecular weight is 296 g/mol. The summed E-state index contributed by atoms with van der Waals surface area (Å²) in [7, 11) is 0. The molecule has 1 aliphatic rings. The maximum absolute atomic E-state index is 11.4. The fourth-order valence-electron chi connectivity index (χ4n) is 2.87. The van der Waals surface area contributed by atoms with Crippen molar-refractivity contribution < 1.29 is 15.0 Å². The van der Waals surface area contributed by atoms with E-state index in [9.17, 15) is 15.0 Å². The van der Waals surface area contributed by atoms with Gasteiger partial charge in [-0.15, -0.1) is 13.2 Å². The molecule has 3 heteroatoms. The lowest BCUT2D eigenvalue weighted by Crippen LogP contribution is -2.38. The molecule has 114 valence electrons. The number of carbonyl (C=O) groups is 1. The lowest BCUT2D eigenvalue weighted by atomic mass is 9.71. The summed E-state index contributed by atoms with van der Waals surface area (Å²) < 4.78 is 0. The summed E-state index contributed by atoms with van der Waals surface area (Å²) in [5.41, 5.74) is 0.385. The van der Waals surface area contributed by atoms with Crippen LogP contribution in [-0.4, -0.2) is 22.3 Å². The van der Waals surface area contributed by atoms with Gasteiger partial charge in [-0.05, 0) is 18.4 Å². The van der Waals surface area contributed by atoms with Gasteiger partial charge in [0.05, 0.1) is 5.57 Å². The molecule has 0 amide bonds. The van der Waals surface area contributed by atoms with Crippen LogP contribution in [0.4, 0.5) is 0 Å². The maximum atomic E-state index is 11.4. The van der Waals surface area contributed by atoms with E-state index in [1.165, 1.54) is 0 Å². The van der Waals surface area contributed by atoms with Crippen LogP contribution in [0.2, 0.25) is 0 Å². The van der Waals surface area contributed by atoms with Crippen LogP contribution in [0.15, 0.2) is 73.4 Å². The van der Waals surface area contributed by atoms with Crippen molar-refractivity contribution in [1.29, 1.82) is 0 Å². The number of allylic oxidation sites excluding steroid dienone is 4. The smallest absolute Gasteiger partial charge is 0.220 e. The van der Waals surface area contributed by atoms with Crippen LogP contribution in [0, 0.1) is 5.41 Å². The first-order valence-electron chi connectivity index (χ1n) is 7.13. The number of hydrogen-bond acceptors (Lipinski definition) is 3. The van der Waals surface area contributed by atoms with Gasteiger partial charge >= 0.3 is 0 Å². The van der Waals surface area contributed by atoms with E-state index in [-0.39, 0.29) is 5.57 Å². The van der Waals surface area contributed by atoms with E-state index in [0.717, 1.165) is 0 Å². The second-order valence-electron chi connectivity index (χ2n) is 5.53. The largest absolute Gasteiger partial charge is 0.358 e. The Morgan fingerprint density at radius 1 is 1.00 bits per heavy atom. The zero-order valence-corrected chi connectivity index (χ0v) is 12.4. The predicted octanol–water partition coefficient (Wildman–Crippen LogP) is 3.03. The number of hydrogen-bond donors (Lipinski definition) is 2. The second-order valence-corrected chi connectivity index (χ2v) is 5.53. The molecule has 0 atom stereocenters. The van der Waals surface area contributed by atoms with Crippen molar-refractivity contribution in [2.45, 2.75) is 18.6 Å². The molecule has 0 bridgehead atoms. The molecule has 3 nitrogen and oxygen atoms in total. The van der Waals surface area contributed by atoms with Gasteiger partial charge in [0.15, 0.2) is 6.29 Å². The normalized spacial score (nSPS) is 18.8. The predicted molar refractivity (Wildman–Crippen MR) is 87.8 cm³/mol. The second kappa shape index (κ2) is 6.26. The molecule has 0 aromatic heterocycles. The van der Waals surface area contributed by atoms with E-state index in [1.54, 1.807) is 36.4 Å². The molecule has 1 aliphatic carbocycles. The van der Waals surface area contributed by atoms with E-state index in [2.05, 4.69) is 13.2 Å². The topological polar surface area (TPSA) is 57.5 Å². The van der Waals surface area contributed by atoms with Crippen molar-refractivity contribution in [1.82, 2.24) is 0 Å². The lowest BCUT2D eigenvalue weighted by Gasteiger charge is -2.37.